The van der Waals surface area contributed by atoms with E-state index in [1.807, 2.05) is 20.8 Å². The normalized spacial score (nSPS) is 16.1. The lowest BCUT2D eigenvalue weighted by atomic mass is 9.37. The van der Waals surface area contributed by atoms with Gasteiger partial charge in [0.2, 0.25) is 0 Å². The molecule has 0 bridgehead atoms. The SMILES string of the molecule is CCCCC(F)B(C(F)CCCC)C(F)CCCC. The first-order valence-electron chi connectivity index (χ1n) is 8.00. The zero-order valence-corrected chi connectivity index (χ0v) is 12.8. The fraction of sp³-hybridized carbons (Fsp3) is 1.00. The molecule has 114 valence electrons. The number of hydrogen-bond donors (Lipinski definition) is 0. The van der Waals surface area contributed by atoms with Crippen LogP contribution in [0, 0.1) is 0 Å². The summed E-state index contributed by atoms with van der Waals surface area (Å²) in [5, 5.41) is 0. The van der Waals surface area contributed by atoms with Crippen molar-refractivity contribution >= 4 is 6.71 Å². The van der Waals surface area contributed by atoms with Gasteiger partial charge in [0.1, 0.15) is 0 Å². The largest absolute Gasteiger partial charge is 0.263 e. The molecule has 0 aromatic rings. The first-order valence-corrected chi connectivity index (χ1v) is 8.00. The van der Waals surface area contributed by atoms with E-state index in [-0.39, 0.29) is 0 Å². The summed E-state index contributed by atoms with van der Waals surface area (Å²) in [6.45, 7) is 4.85. The maximum Gasteiger partial charge on any atom is 0.263 e. The minimum Gasteiger partial charge on any atom is -0.257 e. The molecule has 0 fully saturated rings. The highest BCUT2D eigenvalue weighted by atomic mass is 19.2. The van der Waals surface area contributed by atoms with Crippen LogP contribution in [0.1, 0.15) is 78.6 Å². The van der Waals surface area contributed by atoms with E-state index in [2.05, 4.69) is 0 Å². The predicted molar refractivity (Wildman–Crippen MR) is 79.0 cm³/mol. The summed E-state index contributed by atoms with van der Waals surface area (Å²) in [7, 11) is 0. The average molecular weight is 278 g/mol. The Labute approximate surface area is 117 Å². The molecule has 0 heterocycles. The minimum atomic E-state index is -1.33. The Morgan fingerprint density at radius 3 is 1.11 bits per heavy atom. The van der Waals surface area contributed by atoms with Crippen LogP contribution in [0.25, 0.3) is 0 Å². The van der Waals surface area contributed by atoms with Gasteiger partial charge >= 0.3 is 0 Å². The van der Waals surface area contributed by atoms with Crippen molar-refractivity contribution in [2.24, 2.45) is 0 Å². The van der Waals surface area contributed by atoms with Crippen molar-refractivity contribution in [2.45, 2.75) is 96.8 Å². The van der Waals surface area contributed by atoms with Crippen LogP contribution >= 0.6 is 0 Å². The molecule has 0 rings (SSSR count). The topological polar surface area (TPSA) is 0 Å². The summed E-state index contributed by atoms with van der Waals surface area (Å²) < 4.78 is 42.4. The summed E-state index contributed by atoms with van der Waals surface area (Å²) in [4.78, 5) is 0. The minimum absolute atomic E-state index is 0.292. The summed E-state index contributed by atoms with van der Waals surface area (Å²) in [5.41, 5.74) is 0. The number of hydrogen-bond acceptors (Lipinski definition) is 0. The Kier molecular flexibility index (Phi) is 11.6. The van der Waals surface area contributed by atoms with Crippen LogP contribution in [0.2, 0.25) is 0 Å². The Morgan fingerprint density at radius 2 is 0.895 bits per heavy atom. The number of halogens is 3. The summed E-state index contributed by atoms with van der Waals surface area (Å²) in [5.74, 6) is 0. The van der Waals surface area contributed by atoms with Crippen LogP contribution in [0.5, 0.6) is 0 Å². The quantitative estimate of drug-likeness (QED) is 0.403. The number of rotatable bonds is 12. The molecule has 4 heteroatoms. The van der Waals surface area contributed by atoms with E-state index in [1.165, 1.54) is 0 Å². The lowest BCUT2D eigenvalue weighted by molar-refractivity contribution is 0.306. The van der Waals surface area contributed by atoms with E-state index >= 15 is 0 Å². The van der Waals surface area contributed by atoms with Gasteiger partial charge in [-0.2, -0.15) is 0 Å². The standard InChI is InChI=1S/C15H30BF3/c1-4-7-10-13(17)16(14(18)11-8-5-2)15(19)12-9-6-3/h13-15H,4-12H2,1-3H3. The van der Waals surface area contributed by atoms with Crippen LogP contribution < -0.4 is 0 Å². The van der Waals surface area contributed by atoms with Crippen LogP contribution in [0.15, 0.2) is 0 Å². The first kappa shape index (κ1) is 18.9. The summed E-state index contributed by atoms with van der Waals surface area (Å²) in [6, 6.07) is 0. The highest BCUT2D eigenvalue weighted by molar-refractivity contribution is 6.62. The van der Waals surface area contributed by atoms with Gasteiger partial charge in [-0.1, -0.05) is 59.3 Å². The Morgan fingerprint density at radius 1 is 0.632 bits per heavy atom. The lowest BCUT2D eigenvalue weighted by Gasteiger charge is -2.24. The summed E-state index contributed by atoms with van der Waals surface area (Å²) >= 11 is 0. The van der Waals surface area contributed by atoms with Gasteiger partial charge in [0.25, 0.3) is 6.71 Å². The third kappa shape index (κ3) is 7.89. The van der Waals surface area contributed by atoms with Crippen molar-refractivity contribution < 1.29 is 13.2 Å². The molecule has 0 saturated carbocycles. The van der Waals surface area contributed by atoms with Gasteiger partial charge < -0.3 is 0 Å². The molecular weight excluding hydrogens is 248 g/mol. The number of alkyl halides is 3. The molecule has 0 aliphatic heterocycles. The molecule has 0 nitrogen and oxygen atoms in total. The molecule has 19 heavy (non-hydrogen) atoms. The molecule has 0 spiro atoms. The van der Waals surface area contributed by atoms with Crippen molar-refractivity contribution in [1.82, 2.24) is 0 Å². The van der Waals surface area contributed by atoms with E-state index in [0.29, 0.717) is 38.5 Å². The van der Waals surface area contributed by atoms with Crippen molar-refractivity contribution in [3.8, 4) is 0 Å². The van der Waals surface area contributed by atoms with E-state index in [4.69, 9.17) is 0 Å². The van der Waals surface area contributed by atoms with Gasteiger partial charge in [-0.3, -0.25) is 13.2 Å². The van der Waals surface area contributed by atoms with Crippen LogP contribution in [-0.2, 0) is 0 Å². The zero-order chi connectivity index (χ0) is 14.7. The smallest absolute Gasteiger partial charge is 0.257 e. The Balaban J connectivity index is 4.50. The fourth-order valence-corrected chi connectivity index (χ4v) is 2.45. The molecular formula is C15H30BF3. The second kappa shape index (κ2) is 11.7. The lowest BCUT2D eigenvalue weighted by Crippen LogP contribution is -2.46. The van der Waals surface area contributed by atoms with E-state index < -0.39 is 24.9 Å². The zero-order valence-electron chi connectivity index (χ0n) is 12.8. The molecule has 3 unspecified atom stereocenters. The third-order valence-electron chi connectivity index (χ3n) is 3.75. The van der Waals surface area contributed by atoms with Crippen molar-refractivity contribution in [2.75, 3.05) is 0 Å². The monoisotopic (exact) mass is 278 g/mol. The predicted octanol–water partition coefficient (Wildman–Crippen LogP) is 5.68. The molecule has 0 amide bonds. The van der Waals surface area contributed by atoms with Crippen molar-refractivity contribution in [3.05, 3.63) is 0 Å². The fourth-order valence-electron chi connectivity index (χ4n) is 2.45. The maximum atomic E-state index is 14.1. The highest BCUT2D eigenvalue weighted by Crippen LogP contribution is 2.23. The van der Waals surface area contributed by atoms with Gasteiger partial charge in [-0.25, -0.2) is 0 Å². The Bertz CT molecular complexity index is 169. The molecule has 0 aromatic heterocycles. The molecule has 0 N–H and O–H groups in total. The van der Waals surface area contributed by atoms with E-state index in [0.717, 1.165) is 19.3 Å². The molecule has 0 aliphatic carbocycles. The second-order valence-electron chi connectivity index (χ2n) is 5.55. The van der Waals surface area contributed by atoms with Crippen LogP contribution in [0.3, 0.4) is 0 Å². The maximum absolute atomic E-state index is 14.1. The van der Waals surface area contributed by atoms with Gasteiger partial charge in [-0.05, 0) is 19.3 Å². The first-order chi connectivity index (χ1) is 9.08. The Hall–Kier alpha value is -0.145. The van der Waals surface area contributed by atoms with Crippen LogP contribution in [0.4, 0.5) is 13.2 Å². The molecule has 0 aromatic carbocycles. The molecule has 0 aliphatic rings. The highest BCUT2D eigenvalue weighted by Gasteiger charge is 2.40. The van der Waals surface area contributed by atoms with Gasteiger partial charge in [-0.15, -0.1) is 0 Å². The van der Waals surface area contributed by atoms with Gasteiger partial charge in [0.15, 0.2) is 0 Å². The average Bonchev–Trinajstić information content (AvgIpc) is 2.40. The van der Waals surface area contributed by atoms with Crippen LogP contribution in [-0.4, -0.2) is 24.9 Å². The van der Waals surface area contributed by atoms with Crippen molar-refractivity contribution in [3.63, 3.8) is 0 Å². The number of unbranched alkanes of at least 4 members (excludes halogenated alkanes) is 3. The molecule has 3 atom stereocenters. The van der Waals surface area contributed by atoms with Crippen molar-refractivity contribution in [1.29, 1.82) is 0 Å². The van der Waals surface area contributed by atoms with Gasteiger partial charge in [0, 0.05) is 0 Å². The summed E-state index contributed by atoms with van der Waals surface area (Å²) in [6.07, 6.45) is 1.59. The second-order valence-corrected chi connectivity index (χ2v) is 5.55. The third-order valence-corrected chi connectivity index (χ3v) is 3.75. The molecule has 0 saturated heterocycles. The van der Waals surface area contributed by atoms with Gasteiger partial charge in [0.05, 0.1) is 18.2 Å². The van der Waals surface area contributed by atoms with E-state index in [9.17, 15) is 13.2 Å². The molecule has 0 radical (unpaired) electrons. The van der Waals surface area contributed by atoms with E-state index in [1.54, 1.807) is 0 Å².